The SMILES string of the molecule is Cc1cc(N2CCCN(S(=O)(=O)C3CC3)CC2)n2ncnc2n1. The first-order valence-corrected chi connectivity index (χ1v) is 9.47. The van der Waals surface area contributed by atoms with Gasteiger partial charge in [-0.15, -0.1) is 0 Å². The number of anilines is 1. The Kier molecular flexibility index (Phi) is 3.49. The van der Waals surface area contributed by atoms with Gasteiger partial charge in [0.1, 0.15) is 12.1 Å². The van der Waals surface area contributed by atoms with E-state index in [4.69, 9.17) is 0 Å². The number of aromatic nitrogens is 4. The standard InChI is InChI=1S/C14H20N6O2S/c1-11-9-13(20-14(17-11)15-10-16-20)18-5-2-6-19(8-7-18)23(21,22)12-3-4-12/h9-10,12H,2-8H2,1H3. The van der Waals surface area contributed by atoms with Gasteiger partial charge in [0.05, 0.1) is 5.25 Å². The van der Waals surface area contributed by atoms with Crippen molar-refractivity contribution < 1.29 is 8.42 Å². The average molecular weight is 336 g/mol. The normalized spacial score (nSPS) is 20.8. The van der Waals surface area contributed by atoms with Crippen LogP contribution in [0.3, 0.4) is 0 Å². The first kappa shape index (κ1) is 14.8. The summed E-state index contributed by atoms with van der Waals surface area (Å²) in [5, 5.41) is 4.10. The first-order valence-electron chi connectivity index (χ1n) is 7.97. The van der Waals surface area contributed by atoms with Gasteiger partial charge in [-0.2, -0.15) is 18.9 Å². The van der Waals surface area contributed by atoms with Gasteiger partial charge in [0.2, 0.25) is 10.0 Å². The summed E-state index contributed by atoms with van der Waals surface area (Å²) >= 11 is 0. The zero-order chi connectivity index (χ0) is 16.0. The van der Waals surface area contributed by atoms with Gasteiger partial charge >= 0.3 is 0 Å². The smallest absolute Gasteiger partial charge is 0.254 e. The molecule has 2 aromatic heterocycles. The van der Waals surface area contributed by atoms with Crippen LogP contribution in [0.4, 0.5) is 5.82 Å². The third-order valence-corrected chi connectivity index (χ3v) is 6.84. The molecule has 1 aliphatic carbocycles. The monoisotopic (exact) mass is 336 g/mol. The van der Waals surface area contributed by atoms with Crippen molar-refractivity contribution in [3.05, 3.63) is 18.1 Å². The molecule has 0 unspecified atom stereocenters. The number of aryl methyl sites for hydroxylation is 1. The molecule has 0 spiro atoms. The lowest BCUT2D eigenvalue weighted by atomic mass is 10.3. The molecule has 1 saturated carbocycles. The quantitative estimate of drug-likeness (QED) is 0.808. The molecule has 1 aliphatic heterocycles. The molecule has 1 saturated heterocycles. The van der Waals surface area contributed by atoms with Gasteiger partial charge in [-0.3, -0.25) is 0 Å². The molecule has 0 aromatic carbocycles. The van der Waals surface area contributed by atoms with Crippen molar-refractivity contribution in [1.82, 2.24) is 23.9 Å². The van der Waals surface area contributed by atoms with E-state index < -0.39 is 10.0 Å². The van der Waals surface area contributed by atoms with Crippen LogP contribution in [-0.2, 0) is 10.0 Å². The highest BCUT2D eigenvalue weighted by Gasteiger charge is 2.40. The van der Waals surface area contributed by atoms with E-state index in [9.17, 15) is 8.42 Å². The molecule has 0 atom stereocenters. The maximum atomic E-state index is 12.4. The Morgan fingerprint density at radius 2 is 2.00 bits per heavy atom. The largest absolute Gasteiger partial charge is 0.355 e. The number of hydrogen-bond acceptors (Lipinski definition) is 6. The zero-order valence-electron chi connectivity index (χ0n) is 13.1. The summed E-state index contributed by atoms with van der Waals surface area (Å²) in [5.41, 5.74) is 0.882. The lowest BCUT2D eigenvalue weighted by Crippen LogP contribution is -2.37. The molecule has 2 aliphatic rings. The highest BCUT2D eigenvalue weighted by Crippen LogP contribution is 2.31. The Labute approximate surface area is 135 Å². The van der Waals surface area contributed by atoms with Gasteiger partial charge in [0.25, 0.3) is 5.78 Å². The minimum atomic E-state index is -3.10. The van der Waals surface area contributed by atoms with Crippen LogP contribution < -0.4 is 4.90 Å². The van der Waals surface area contributed by atoms with Crippen molar-refractivity contribution in [3.63, 3.8) is 0 Å². The number of rotatable bonds is 3. The molecule has 3 heterocycles. The molecule has 8 nitrogen and oxygen atoms in total. The van der Waals surface area contributed by atoms with Crippen molar-refractivity contribution in [2.45, 2.75) is 31.4 Å². The van der Waals surface area contributed by atoms with E-state index in [-0.39, 0.29) is 5.25 Å². The van der Waals surface area contributed by atoms with E-state index in [1.165, 1.54) is 6.33 Å². The molecule has 4 rings (SSSR count). The summed E-state index contributed by atoms with van der Waals surface area (Å²) in [7, 11) is -3.10. The van der Waals surface area contributed by atoms with Gasteiger partial charge in [-0.1, -0.05) is 0 Å². The highest BCUT2D eigenvalue weighted by molar-refractivity contribution is 7.90. The van der Waals surface area contributed by atoms with Crippen LogP contribution in [0.2, 0.25) is 0 Å². The molecule has 124 valence electrons. The second kappa shape index (κ2) is 5.41. The summed E-state index contributed by atoms with van der Waals surface area (Å²) in [4.78, 5) is 10.7. The van der Waals surface area contributed by atoms with E-state index in [0.29, 0.717) is 25.4 Å². The number of sulfonamides is 1. The van der Waals surface area contributed by atoms with Crippen molar-refractivity contribution in [2.24, 2.45) is 0 Å². The molecule has 0 radical (unpaired) electrons. The van der Waals surface area contributed by atoms with Crippen LogP contribution in [0.25, 0.3) is 5.78 Å². The van der Waals surface area contributed by atoms with E-state index in [1.807, 2.05) is 13.0 Å². The van der Waals surface area contributed by atoms with E-state index >= 15 is 0 Å². The van der Waals surface area contributed by atoms with Crippen LogP contribution in [0.1, 0.15) is 25.0 Å². The van der Waals surface area contributed by atoms with Crippen molar-refractivity contribution in [1.29, 1.82) is 0 Å². The van der Waals surface area contributed by atoms with E-state index in [1.54, 1.807) is 8.82 Å². The zero-order valence-corrected chi connectivity index (χ0v) is 13.9. The molecule has 0 N–H and O–H groups in total. The van der Waals surface area contributed by atoms with Gasteiger partial charge < -0.3 is 4.90 Å². The fraction of sp³-hybridized carbons (Fsp3) is 0.643. The van der Waals surface area contributed by atoms with Gasteiger partial charge in [0, 0.05) is 37.9 Å². The lowest BCUT2D eigenvalue weighted by molar-refractivity contribution is 0.432. The van der Waals surface area contributed by atoms with Crippen LogP contribution in [0.5, 0.6) is 0 Å². The van der Waals surface area contributed by atoms with Crippen LogP contribution in [0.15, 0.2) is 12.4 Å². The second-order valence-corrected chi connectivity index (χ2v) is 8.42. The fourth-order valence-electron chi connectivity index (χ4n) is 3.09. The Morgan fingerprint density at radius 1 is 1.17 bits per heavy atom. The maximum absolute atomic E-state index is 12.4. The molecular formula is C14H20N6O2S. The minimum Gasteiger partial charge on any atom is -0.355 e. The molecule has 2 fully saturated rings. The average Bonchev–Trinajstić information content (AvgIpc) is 3.30. The van der Waals surface area contributed by atoms with Crippen LogP contribution in [0, 0.1) is 6.92 Å². The third kappa shape index (κ3) is 2.67. The van der Waals surface area contributed by atoms with Crippen LogP contribution >= 0.6 is 0 Å². The lowest BCUT2D eigenvalue weighted by Gasteiger charge is -2.23. The van der Waals surface area contributed by atoms with Gasteiger partial charge in [-0.05, 0) is 26.2 Å². The highest BCUT2D eigenvalue weighted by atomic mass is 32.2. The van der Waals surface area contributed by atoms with Crippen molar-refractivity contribution >= 4 is 21.6 Å². The predicted molar refractivity (Wildman–Crippen MR) is 85.9 cm³/mol. The van der Waals surface area contributed by atoms with Crippen LogP contribution in [-0.4, -0.2) is 63.7 Å². The second-order valence-electron chi connectivity index (χ2n) is 6.21. The fourth-order valence-corrected chi connectivity index (χ4v) is 4.96. The van der Waals surface area contributed by atoms with Gasteiger partial charge in [0.15, 0.2) is 0 Å². The third-order valence-electron chi connectivity index (χ3n) is 4.45. The van der Waals surface area contributed by atoms with Crippen molar-refractivity contribution in [2.75, 3.05) is 31.1 Å². The molecule has 2 aromatic rings. The summed E-state index contributed by atoms with van der Waals surface area (Å²) < 4.78 is 28.3. The van der Waals surface area contributed by atoms with Crippen molar-refractivity contribution in [3.8, 4) is 0 Å². The first-order chi connectivity index (χ1) is 11.1. The number of nitrogens with zero attached hydrogens (tertiary/aromatic N) is 6. The summed E-state index contributed by atoms with van der Waals surface area (Å²) in [6.07, 6.45) is 3.92. The Hall–Kier alpha value is -1.74. The summed E-state index contributed by atoms with van der Waals surface area (Å²) in [5.74, 6) is 1.50. The number of fused-ring (bicyclic) bond motifs is 1. The maximum Gasteiger partial charge on any atom is 0.254 e. The Balaban J connectivity index is 1.60. The summed E-state index contributed by atoms with van der Waals surface area (Å²) in [6, 6.07) is 1.98. The number of hydrogen-bond donors (Lipinski definition) is 0. The molecule has 0 amide bonds. The molecule has 0 bridgehead atoms. The minimum absolute atomic E-state index is 0.140. The van der Waals surface area contributed by atoms with E-state index in [0.717, 1.165) is 37.3 Å². The Bertz CT molecular complexity index is 829. The Morgan fingerprint density at radius 3 is 2.78 bits per heavy atom. The molecular weight excluding hydrogens is 316 g/mol. The predicted octanol–water partition coefficient (Wildman–Crippen LogP) is 0.437. The topological polar surface area (TPSA) is 83.7 Å². The molecule has 23 heavy (non-hydrogen) atoms. The van der Waals surface area contributed by atoms with E-state index in [2.05, 4.69) is 20.0 Å². The molecule has 9 heteroatoms. The van der Waals surface area contributed by atoms with Gasteiger partial charge in [-0.25, -0.2) is 13.4 Å². The summed E-state index contributed by atoms with van der Waals surface area (Å²) in [6.45, 7) is 4.51.